The number of rotatable bonds is 6. The number of aromatic nitrogens is 3. The molecule has 2 heterocycles. The van der Waals surface area contributed by atoms with Gasteiger partial charge in [-0.15, -0.1) is 11.8 Å². The van der Waals surface area contributed by atoms with Gasteiger partial charge in [-0.2, -0.15) is 4.98 Å². The summed E-state index contributed by atoms with van der Waals surface area (Å²) in [5.74, 6) is 1.48. The van der Waals surface area contributed by atoms with Gasteiger partial charge >= 0.3 is 0 Å². The molecule has 2 aromatic heterocycles. The number of hydrogen-bond acceptors (Lipinski definition) is 6. The highest BCUT2D eigenvalue weighted by Crippen LogP contribution is 2.29. The molecule has 4 rings (SSSR count). The first kappa shape index (κ1) is 18.7. The third-order valence-corrected chi connectivity index (χ3v) is 5.81. The van der Waals surface area contributed by atoms with Crippen LogP contribution in [-0.4, -0.2) is 27.2 Å². The molecule has 2 N–H and O–H groups in total. The Kier molecular flexibility index (Phi) is 6.07. The highest BCUT2D eigenvalue weighted by Gasteiger charge is 2.16. The Morgan fingerprint density at radius 3 is 2.54 bits per heavy atom. The Morgan fingerprint density at radius 2 is 1.75 bits per heavy atom. The van der Waals surface area contributed by atoms with Crippen LogP contribution in [-0.2, 0) is 0 Å². The van der Waals surface area contributed by atoms with E-state index in [1.54, 1.807) is 24.2 Å². The van der Waals surface area contributed by atoms with E-state index in [2.05, 4.69) is 40.1 Å². The molecule has 28 heavy (non-hydrogen) atoms. The first-order chi connectivity index (χ1) is 13.8. The molecule has 6 heteroatoms. The van der Waals surface area contributed by atoms with Crippen LogP contribution in [0.4, 0.5) is 17.5 Å². The number of hydrogen-bond donors (Lipinski definition) is 2. The lowest BCUT2D eigenvalue weighted by molar-refractivity contribution is 0.461. The largest absolute Gasteiger partial charge is 0.351 e. The fourth-order valence-corrected chi connectivity index (χ4v) is 4.12. The summed E-state index contributed by atoms with van der Waals surface area (Å²) in [6.45, 7) is 0. The van der Waals surface area contributed by atoms with Crippen LogP contribution in [0.25, 0.3) is 11.3 Å². The van der Waals surface area contributed by atoms with E-state index in [1.165, 1.54) is 37.0 Å². The van der Waals surface area contributed by atoms with E-state index < -0.39 is 0 Å². The maximum atomic E-state index is 4.79. The van der Waals surface area contributed by atoms with E-state index >= 15 is 0 Å². The van der Waals surface area contributed by atoms with Gasteiger partial charge in [0, 0.05) is 35.0 Å². The Morgan fingerprint density at radius 1 is 0.964 bits per heavy atom. The zero-order valence-corrected chi connectivity index (χ0v) is 16.9. The van der Waals surface area contributed by atoms with Crippen molar-refractivity contribution in [2.75, 3.05) is 16.9 Å². The molecule has 144 valence electrons. The molecule has 0 atom stereocenters. The number of nitrogens with zero attached hydrogens (tertiary/aromatic N) is 3. The molecule has 0 spiro atoms. The molecular formula is C22H25N5S. The van der Waals surface area contributed by atoms with Gasteiger partial charge in [0.25, 0.3) is 0 Å². The predicted molar refractivity (Wildman–Crippen MR) is 117 cm³/mol. The SMILES string of the molecule is CSc1ccccc1Nc1cc(-c2ccncc2)nc(NC2CCCCC2)n1. The molecule has 1 saturated carbocycles. The van der Waals surface area contributed by atoms with Gasteiger partial charge in [0.2, 0.25) is 5.95 Å². The third kappa shape index (κ3) is 4.62. The summed E-state index contributed by atoms with van der Waals surface area (Å²) in [6.07, 6.45) is 11.9. The van der Waals surface area contributed by atoms with Gasteiger partial charge < -0.3 is 10.6 Å². The molecule has 1 fully saturated rings. The second-order valence-electron chi connectivity index (χ2n) is 7.00. The Bertz CT molecular complexity index is 910. The summed E-state index contributed by atoms with van der Waals surface area (Å²) in [7, 11) is 0. The van der Waals surface area contributed by atoms with Crippen LogP contribution >= 0.6 is 11.8 Å². The predicted octanol–water partition coefficient (Wildman–Crippen LogP) is 5.75. The summed E-state index contributed by atoms with van der Waals surface area (Å²) in [4.78, 5) is 14.9. The minimum Gasteiger partial charge on any atom is -0.351 e. The smallest absolute Gasteiger partial charge is 0.225 e. The molecule has 5 nitrogen and oxygen atoms in total. The van der Waals surface area contributed by atoms with Gasteiger partial charge in [-0.3, -0.25) is 4.98 Å². The lowest BCUT2D eigenvalue weighted by Gasteiger charge is -2.23. The van der Waals surface area contributed by atoms with E-state index in [9.17, 15) is 0 Å². The first-order valence-corrected chi connectivity index (χ1v) is 11.0. The minimum absolute atomic E-state index is 0.452. The number of nitrogens with one attached hydrogen (secondary N) is 2. The van der Waals surface area contributed by atoms with Crippen molar-refractivity contribution in [2.24, 2.45) is 0 Å². The number of thioether (sulfide) groups is 1. The number of anilines is 3. The fourth-order valence-electron chi connectivity index (χ4n) is 3.56. The molecule has 0 bridgehead atoms. The molecule has 1 aliphatic rings. The van der Waals surface area contributed by atoms with Crippen molar-refractivity contribution in [3.05, 3.63) is 54.9 Å². The van der Waals surface area contributed by atoms with Crippen molar-refractivity contribution >= 4 is 29.2 Å². The van der Waals surface area contributed by atoms with Crippen LogP contribution in [0.1, 0.15) is 32.1 Å². The monoisotopic (exact) mass is 391 g/mol. The standard InChI is InChI=1S/C22H25N5S/c1-28-20-10-6-5-9-18(20)25-21-15-19(16-11-13-23-14-12-16)26-22(27-21)24-17-7-3-2-4-8-17/h5-6,9-15,17H,2-4,7-8H2,1H3,(H2,24,25,26,27). The maximum absolute atomic E-state index is 4.79. The van der Waals surface area contributed by atoms with Crippen molar-refractivity contribution in [2.45, 2.75) is 43.0 Å². The van der Waals surface area contributed by atoms with Crippen LogP contribution in [0.2, 0.25) is 0 Å². The van der Waals surface area contributed by atoms with Crippen LogP contribution in [0.3, 0.4) is 0 Å². The van der Waals surface area contributed by atoms with Gasteiger partial charge in [0.05, 0.1) is 11.4 Å². The van der Waals surface area contributed by atoms with Crippen molar-refractivity contribution in [1.82, 2.24) is 15.0 Å². The number of pyridine rings is 1. The third-order valence-electron chi connectivity index (χ3n) is 5.01. The Labute approximate surface area is 170 Å². The Balaban J connectivity index is 1.67. The van der Waals surface area contributed by atoms with Crippen LogP contribution in [0.15, 0.2) is 59.8 Å². The molecule has 1 aromatic carbocycles. The topological polar surface area (TPSA) is 62.7 Å². The molecule has 0 aliphatic heterocycles. The molecular weight excluding hydrogens is 366 g/mol. The molecule has 0 unspecified atom stereocenters. The van der Waals surface area contributed by atoms with Crippen LogP contribution < -0.4 is 10.6 Å². The van der Waals surface area contributed by atoms with Crippen molar-refractivity contribution in [3.8, 4) is 11.3 Å². The van der Waals surface area contributed by atoms with E-state index in [1.807, 2.05) is 24.3 Å². The van der Waals surface area contributed by atoms with Crippen LogP contribution in [0.5, 0.6) is 0 Å². The maximum Gasteiger partial charge on any atom is 0.225 e. The summed E-state index contributed by atoms with van der Waals surface area (Å²) in [5, 5.41) is 7.05. The van der Waals surface area contributed by atoms with E-state index in [-0.39, 0.29) is 0 Å². The average Bonchev–Trinajstić information content (AvgIpc) is 2.75. The van der Waals surface area contributed by atoms with Gasteiger partial charge in [-0.05, 0) is 43.4 Å². The molecule has 3 aromatic rings. The van der Waals surface area contributed by atoms with E-state index in [4.69, 9.17) is 9.97 Å². The van der Waals surface area contributed by atoms with Gasteiger partial charge in [0.1, 0.15) is 5.82 Å². The minimum atomic E-state index is 0.452. The van der Waals surface area contributed by atoms with Crippen molar-refractivity contribution in [1.29, 1.82) is 0 Å². The van der Waals surface area contributed by atoms with Gasteiger partial charge in [-0.1, -0.05) is 31.4 Å². The zero-order chi connectivity index (χ0) is 19.2. The number of para-hydroxylation sites is 1. The van der Waals surface area contributed by atoms with Crippen LogP contribution in [0, 0.1) is 0 Å². The summed E-state index contributed by atoms with van der Waals surface area (Å²) < 4.78 is 0. The average molecular weight is 392 g/mol. The molecule has 0 radical (unpaired) electrons. The normalized spacial score (nSPS) is 14.6. The highest BCUT2D eigenvalue weighted by atomic mass is 32.2. The summed E-state index contributed by atoms with van der Waals surface area (Å²) in [6, 6.07) is 14.7. The van der Waals surface area contributed by atoms with Gasteiger partial charge in [-0.25, -0.2) is 4.98 Å². The quantitative estimate of drug-likeness (QED) is 0.522. The second-order valence-corrected chi connectivity index (χ2v) is 7.85. The lowest BCUT2D eigenvalue weighted by atomic mass is 9.96. The zero-order valence-electron chi connectivity index (χ0n) is 16.1. The second kappa shape index (κ2) is 9.06. The van der Waals surface area contributed by atoms with Crippen molar-refractivity contribution in [3.63, 3.8) is 0 Å². The molecule has 1 aliphatic carbocycles. The number of benzene rings is 1. The van der Waals surface area contributed by atoms with Crippen molar-refractivity contribution < 1.29 is 0 Å². The summed E-state index contributed by atoms with van der Waals surface area (Å²) >= 11 is 1.72. The Hall–Kier alpha value is -2.60. The summed E-state index contributed by atoms with van der Waals surface area (Å²) in [5.41, 5.74) is 2.98. The highest BCUT2D eigenvalue weighted by molar-refractivity contribution is 7.98. The molecule has 0 saturated heterocycles. The fraction of sp³-hybridized carbons (Fsp3) is 0.318. The van der Waals surface area contributed by atoms with E-state index in [0.29, 0.717) is 12.0 Å². The lowest BCUT2D eigenvalue weighted by Crippen LogP contribution is -2.23. The van der Waals surface area contributed by atoms with Gasteiger partial charge in [0.15, 0.2) is 0 Å². The molecule has 0 amide bonds. The van der Waals surface area contributed by atoms with E-state index in [0.717, 1.165) is 22.8 Å². The first-order valence-electron chi connectivity index (χ1n) is 9.78.